The summed E-state index contributed by atoms with van der Waals surface area (Å²) in [6.45, 7) is 0. The van der Waals surface area contributed by atoms with Crippen LogP contribution >= 0.6 is 0 Å². The number of furan rings is 2. The van der Waals surface area contributed by atoms with E-state index in [1.54, 1.807) is 0 Å². The molecule has 0 bridgehead atoms. The predicted molar refractivity (Wildman–Crippen MR) is 187 cm³/mol. The number of fused-ring (bicyclic) bond motifs is 6. The third kappa shape index (κ3) is 4.21. The lowest BCUT2D eigenvalue weighted by Gasteiger charge is -2.25. The molecule has 3 nitrogen and oxygen atoms in total. The maximum Gasteiger partial charge on any atom is 0.144 e. The number of hydrogen-bond donors (Lipinski definition) is 0. The molecule has 7 aromatic carbocycles. The summed E-state index contributed by atoms with van der Waals surface area (Å²) in [5.74, 6) is 0. The fourth-order valence-electron chi connectivity index (χ4n) is 6.58. The first-order valence-electron chi connectivity index (χ1n) is 15.2. The van der Waals surface area contributed by atoms with E-state index >= 15 is 0 Å². The second-order valence-electron chi connectivity index (χ2n) is 11.3. The topological polar surface area (TPSA) is 29.5 Å². The molecule has 0 aliphatic heterocycles. The molecule has 2 heterocycles. The first-order chi connectivity index (χ1) is 22.3. The Hall–Kier alpha value is -6.06. The Morgan fingerprint density at radius 1 is 0.356 bits per heavy atom. The summed E-state index contributed by atoms with van der Waals surface area (Å²) in [7, 11) is 0. The van der Waals surface area contributed by atoms with E-state index in [4.69, 9.17) is 8.83 Å². The van der Waals surface area contributed by atoms with E-state index in [1.165, 1.54) is 11.1 Å². The summed E-state index contributed by atoms with van der Waals surface area (Å²) in [5.41, 5.74) is 11.2. The molecule has 0 N–H and O–H groups in total. The maximum absolute atomic E-state index is 6.84. The zero-order valence-electron chi connectivity index (χ0n) is 24.4. The largest absolute Gasteiger partial charge is 0.456 e. The van der Waals surface area contributed by atoms with E-state index in [0.29, 0.717) is 0 Å². The molecule has 0 atom stereocenters. The highest BCUT2D eigenvalue weighted by Crippen LogP contribution is 2.46. The Balaban J connectivity index is 1.25. The molecule has 212 valence electrons. The van der Waals surface area contributed by atoms with Crippen molar-refractivity contribution in [3.8, 4) is 22.3 Å². The second-order valence-corrected chi connectivity index (χ2v) is 11.3. The summed E-state index contributed by atoms with van der Waals surface area (Å²) in [5, 5.41) is 4.26. The van der Waals surface area contributed by atoms with Crippen molar-refractivity contribution in [2.75, 3.05) is 4.90 Å². The third-order valence-electron chi connectivity index (χ3n) is 8.65. The number of para-hydroxylation sites is 2. The fraction of sp³-hybridized carbons (Fsp3) is 0. The molecule has 9 aromatic rings. The molecule has 0 fully saturated rings. The zero-order valence-corrected chi connectivity index (χ0v) is 24.4. The van der Waals surface area contributed by atoms with Gasteiger partial charge in [0.05, 0.1) is 0 Å². The van der Waals surface area contributed by atoms with Gasteiger partial charge in [0.2, 0.25) is 0 Å². The normalized spacial score (nSPS) is 11.6. The van der Waals surface area contributed by atoms with Crippen LogP contribution in [0.4, 0.5) is 17.1 Å². The van der Waals surface area contributed by atoms with Gasteiger partial charge >= 0.3 is 0 Å². The Kier molecular flexibility index (Phi) is 5.82. The second kappa shape index (κ2) is 10.3. The van der Waals surface area contributed by atoms with Gasteiger partial charge in [-0.3, -0.25) is 0 Å². The van der Waals surface area contributed by atoms with E-state index in [9.17, 15) is 0 Å². The van der Waals surface area contributed by atoms with Gasteiger partial charge in [-0.15, -0.1) is 0 Å². The fourth-order valence-corrected chi connectivity index (χ4v) is 6.58. The van der Waals surface area contributed by atoms with Crippen molar-refractivity contribution in [2.45, 2.75) is 0 Å². The van der Waals surface area contributed by atoms with Gasteiger partial charge in [-0.2, -0.15) is 0 Å². The number of hydrogen-bond acceptors (Lipinski definition) is 3. The molecule has 3 heteroatoms. The minimum Gasteiger partial charge on any atom is -0.456 e. The monoisotopic (exact) mass is 577 g/mol. The molecular weight excluding hydrogens is 550 g/mol. The van der Waals surface area contributed by atoms with Gasteiger partial charge in [0.25, 0.3) is 0 Å². The first-order valence-corrected chi connectivity index (χ1v) is 15.2. The van der Waals surface area contributed by atoms with Gasteiger partial charge in [-0.25, -0.2) is 0 Å². The zero-order chi connectivity index (χ0) is 29.7. The summed E-state index contributed by atoms with van der Waals surface area (Å²) in [6, 6.07) is 57.1. The summed E-state index contributed by atoms with van der Waals surface area (Å²) in [4.78, 5) is 2.28. The van der Waals surface area contributed by atoms with Crippen LogP contribution in [0, 0.1) is 0 Å². The molecule has 0 amide bonds. The molecule has 0 saturated heterocycles. The van der Waals surface area contributed by atoms with Crippen LogP contribution < -0.4 is 4.90 Å². The van der Waals surface area contributed by atoms with E-state index in [0.717, 1.165) is 72.1 Å². The van der Waals surface area contributed by atoms with Crippen molar-refractivity contribution in [2.24, 2.45) is 0 Å². The third-order valence-corrected chi connectivity index (χ3v) is 8.65. The Labute approximate surface area is 260 Å². The Bertz CT molecular complexity index is 2460. The standard InChI is InChI=1S/C42H27NO2/c1-4-12-28(13-5-1)29-20-22-32(23-21-29)43(31-16-8-3-9-17-31)33-24-25-34-36-27-39-41(35-18-10-11-19-37(35)44-39)40(30-14-6-2-7-15-30)42(36)45-38(34)26-33/h1-27H. The van der Waals surface area contributed by atoms with Crippen molar-refractivity contribution in [3.63, 3.8) is 0 Å². The van der Waals surface area contributed by atoms with Gasteiger partial charge in [0.15, 0.2) is 0 Å². The maximum atomic E-state index is 6.84. The van der Waals surface area contributed by atoms with E-state index < -0.39 is 0 Å². The molecule has 45 heavy (non-hydrogen) atoms. The van der Waals surface area contributed by atoms with Crippen LogP contribution in [-0.2, 0) is 0 Å². The highest BCUT2D eigenvalue weighted by Gasteiger charge is 2.22. The van der Waals surface area contributed by atoms with Crippen molar-refractivity contribution in [1.29, 1.82) is 0 Å². The summed E-state index contributed by atoms with van der Waals surface area (Å²) in [6.07, 6.45) is 0. The van der Waals surface area contributed by atoms with Crippen LogP contribution in [0.3, 0.4) is 0 Å². The minimum absolute atomic E-state index is 0.832. The molecule has 9 rings (SSSR count). The van der Waals surface area contributed by atoms with Crippen LogP contribution in [0.5, 0.6) is 0 Å². The van der Waals surface area contributed by atoms with E-state index in [-0.39, 0.29) is 0 Å². The Morgan fingerprint density at radius 3 is 1.71 bits per heavy atom. The predicted octanol–water partition coefficient (Wildman–Crippen LogP) is 12.3. The molecule has 0 unspecified atom stereocenters. The molecule has 0 aliphatic rings. The molecule has 0 saturated carbocycles. The highest BCUT2D eigenvalue weighted by molar-refractivity contribution is 6.23. The molecule has 0 spiro atoms. The number of rotatable bonds is 5. The van der Waals surface area contributed by atoms with Crippen LogP contribution in [0.2, 0.25) is 0 Å². The highest BCUT2D eigenvalue weighted by atomic mass is 16.3. The van der Waals surface area contributed by atoms with Crippen LogP contribution in [-0.4, -0.2) is 0 Å². The Morgan fingerprint density at radius 2 is 0.956 bits per heavy atom. The smallest absolute Gasteiger partial charge is 0.144 e. The number of benzene rings is 7. The van der Waals surface area contributed by atoms with Gasteiger partial charge in [-0.1, -0.05) is 109 Å². The molecule has 2 aromatic heterocycles. The molecule has 0 aliphatic carbocycles. The van der Waals surface area contributed by atoms with Crippen LogP contribution in [0.15, 0.2) is 173 Å². The van der Waals surface area contributed by atoms with Crippen LogP contribution in [0.25, 0.3) is 66.1 Å². The quantitative estimate of drug-likeness (QED) is 0.204. The van der Waals surface area contributed by atoms with Crippen molar-refractivity contribution >= 4 is 60.9 Å². The van der Waals surface area contributed by atoms with Crippen molar-refractivity contribution < 1.29 is 8.83 Å². The summed E-state index contributed by atoms with van der Waals surface area (Å²) >= 11 is 0. The lowest BCUT2D eigenvalue weighted by Crippen LogP contribution is -2.09. The number of nitrogens with zero attached hydrogens (tertiary/aromatic N) is 1. The van der Waals surface area contributed by atoms with Gasteiger partial charge < -0.3 is 13.7 Å². The molecular formula is C42H27NO2. The van der Waals surface area contributed by atoms with Crippen molar-refractivity contribution in [3.05, 3.63) is 164 Å². The number of anilines is 3. The van der Waals surface area contributed by atoms with E-state index in [2.05, 4.69) is 138 Å². The van der Waals surface area contributed by atoms with Gasteiger partial charge in [0, 0.05) is 50.2 Å². The van der Waals surface area contributed by atoms with E-state index in [1.807, 2.05) is 30.3 Å². The van der Waals surface area contributed by atoms with Crippen molar-refractivity contribution in [1.82, 2.24) is 0 Å². The first kappa shape index (κ1) is 25.4. The lowest BCUT2D eigenvalue weighted by atomic mass is 9.96. The average molecular weight is 578 g/mol. The lowest BCUT2D eigenvalue weighted by molar-refractivity contribution is 0.664. The minimum atomic E-state index is 0.832. The van der Waals surface area contributed by atoms with Crippen LogP contribution in [0.1, 0.15) is 0 Å². The average Bonchev–Trinajstić information content (AvgIpc) is 3.66. The summed E-state index contributed by atoms with van der Waals surface area (Å²) < 4.78 is 13.2. The van der Waals surface area contributed by atoms with Gasteiger partial charge in [0.1, 0.15) is 22.3 Å². The SMILES string of the molecule is c1ccc(-c2ccc(N(c3ccccc3)c3ccc4c(c3)oc3c(-c5ccccc5)c5c(cc34)oc3ccccc35)cc2)cc1. The van der Waals surface area contributed by atoms with Gasteiger partial charge in [-0.05, 0) is 65.2 Å². The molecule has 0 radical (unpaired) electrons.